The molecule has 0 aliphatic heterocycles. The van der Waals surface area contributed by atoms with Gasteiger partial charge in [0.15, 0.2) is 0 Å². The van der Waals surface area contributed by atoms with Crippen LogP contribution in [-0.2, 0) is 0 Å². The molecule has 2 N–H and O–H groups in total. The maximum absolute atomic E-state index is 5.68. The number of ether oxygens (including phenoxy) is 1. The van der Waals surface area contributed by atoms with Crippen LogP contribution in [0.5, 0.6) is 5.88 Å². The smallest absolute Gasteiger partial charge is 0.218 e. The van der Waals surface area contributed by atoms with Gasteiger partial charge in [0.2, 0.25) is 5.88 Å². The van der Waals surface area contributed by atoms with Crippen LogP contribution in [0.15, 0.2) is 6.07 Å². The van der Waals surface area contributed by atoms with Gasteiger partial charge in [0.1, 0.15) is 11.6 Å². The quantitative estimate of drug-likeness (QED) is 0.829. The fourth-order valence-corrected chi connectivity index (χ4v) is 2.86. The predicted octanol–water partition coefficient (Wildman–Crippen LogP) is 2.28. The summed E-state index contributed by atoms with van der Waals surface area (Å²) < 4.78 is 5.54. The van der Waals surface area contributed by atoms with Gasteiger partial charge in [-0.1, -0.05) is 12.8 Å². The Morgan fingerprint density at radius 2 is 2.10 bits per heavy atom. The minimum absolute atomic E-state index is 0.588. The van der Waals surface area contributed by atoms with Gasteiger partial charge in [-0.2, -0.15) is 4.98 Å². The SMILES string of the molecule is CCOc1cc(N(CCCN)C2CCCC2)nc(C)n1. The monoisotopic (exact) mass is 278 g/mol. The molecule has 1 aromatic heterocycles. The summed E-state index contributed by atoms with van der Waals surface area (Å²) in [5, 5.41) is 0. The first kappa shape index (κ1) is 15.0. The highest BCUT2D eigenvalue weighted by atomic mass is 16.5. The molecular weight excluding hydrogens is 252 g/mol. The summed E-state index contributed by atoms with van der Waals surface area (Å²) >= 11 is 0. The third-order valence-corrected chi connectivity index (χ3v) is 3.76. The number of anilines is 1. The van der Waals surface area contributed by atoms with Crippen LogP contribution < -0.4 is 15.4 Å². The molecule has 0 amide bonds. The van der Waals surface area contributed by atoms with Crippen molar-refractivity contribution in [1.29, 1.82) is 0 Å². The highest BCUT2D eigenvalue weighted by Crippen LogP contribution is 2.28. The molecule has 0 unspecified atom stereocenters. The second kappa shape index (κ2) is 7.43. The molecule has 1 heterocycles. The van der Waals surface area contributed by atoms with Crippen LogP contribution in [0.25, 0.3) is 0 Å². The number of aryl methyl sites for hydroxylation is 1. The van der Waals surface area contributed by atoms with Crippen molar-refractivity contribution in [3.63, 3.8) is 0 Å². The number of rotatable bonds is 7. The lowest BCUT2D eigenvalue weighted by atomic mass is 10.2. The third-order valence-electron chi connectivity index (χ3n) is 3.76. The van der Waals surface area contributed by atoms with Gasteiger partial charge in [-0.3, -0.25) is 0 Å². The molecule has 0 saturated heterocycles. The molecule has 1 aliphatic rings. The summed E-state index contributed by atoms with van der Waals surface area (Å²) in [5.41, 5.74) is 5.68. The highest BCUT2D eigenvalue weighted by Gasteiger charge is 2.24. The first-order valence-corrected chi connectivity index (χ1v) is 7.69. The molecule has 5 nitrogen and oxygen atoms in total. The highest BCUT2D eigenvalue weighted by molar-refractivity contribution is 5.43. The van der Waals surface area contributed by atoms with Crippen LogP contribution >= 0.6 is 0 Å². The van der Waals surface area contributed by atoms with Crippen LogP contribution in [0.2, 0.25) is 0 Å². The molecule has 0 aromatic carbocycles. The number of hydrogen-bond acceptors (Lipinski definition) is 5. The van der Waals surface area contributed by atoms with E-state index in [4.69, 9.17) is 10.5 Å². The van der Waals surface area contributed by atoms with Gasteiger partial charge in [-0.25, -0.2) is 4.98 Å². The summed E-state index contributed by atoms with van der Waals surface area (Å²) in [6.07, 6.45) is 6.11. The zero-order valence-corrected chi connectivity index (χ0v) is 12.6. The summed E-state index contributed by atoms with van der Waals surface area (Å²) in [5.74, 6) is 2.42. The molecule has 2 rings (SSSR count). The largest absolute Gasteiger partial charge is 0.478 e. The second-order valence-corrected chi connectivity index (χ2v) is 5.32. The van der Waals surface area contributed by atoms with Crippen LogP contribution in [0, 0.1) is 6.92 Å². The van der Waals surface area contributed by atoms with E-state index in [1.54, 1.807) is 0 Å². The van der Waals surface area contributed by atoms with Gasteiger partial charge in [0.25, 0.3) is 0 Å². The Hall–Kier alpha value is -1.36. The molecule has 1 aromatic rings. The molecule has 1 saturated carbocycles. The van der Waals surface area contributed by atoms with Crippen LogP contribution in [-0.4, -0.2) is 35.7 Å². The predicted molar refractivity (Wildman–Crippen MR) is 81.2 cm³/mol. The lowest BCUT2D eigenvalue weighted by molar-refractivity contribution is 0.325. The average molecular weight is 278 g/mol. The molecule has 112 valence electrons. The Morgan fingerprint density at radius 3 is 2.75 bits per heavy atom. The standard InChI is InChI=1S/C15H26N4O/c1-3-20-15-11-14(17-12(2)18-15)19(10-6-9-16)13-7-4-5-8-13/h11,13H,3-10,16H2,1-2H3. The van der Waals surface area contributed by atoms with E-state index in [2.05, 4.69) is 14.9 Å². The third kappa shape index (κ3) is 3.82. The zero-order chi connectivity index (χ0) is 14.4. The molecule has 1 fully saturated rings. The molecule has 0 bridgehead atoms. The van der Waals surface area contributed by atoms with E-state index in [0.717, 1.165) is 24.6 Å². The maximum atomic E-state index is 5.68. The van der Waals surface area contributed by atoms with Crippen LogP contribution in [0.3, 0.4) is 0 Å². The van der Waals surface area contributed by atoms with Gasteiger partial charge in [-0.15, -0.1) is 0 Å². The first-order chi connectivity index (χ1) is 9.74. The van der Waals surface area contributed by atoms with Crippen molar-refractivity contribution in [1.82, 2.24) is 9.97 Å². The summed E-state index contributed by atoms with van der Waals surface area (Å²) in [4.78, 5) is 11.3. The number of nitrogens with zero attached hydrogens (tertiary/aromatic N) is 3. The average Bonchev–Trinajstić information content (AvgIpc) is 2.93. The van der Waals surface area contributed by atoms with Gasteiger partial charge in [-0.05, 0) is 39.7 Å². The molecular formula is C15H26N4O. The molecule has 20 heavy (non-hydrogen) atoms. The Morgan fingerprint density at radius 1 is 1.35 bits per heavy atom. The normalized spacial score (nSPS) is 15.6. The second-order valence-electron chi connectivity index (χ2n) is 5.32. The van der Waals surface area contributed by atoms with Crippen molar-refractivity contribution in [2.75, 3.05) is 24.6 Å². The lowest BCUT2D eigenvalue weighted by Gasteiger charge is -2.30. The van der Waals surface area contributed by atoms with Crippen molar-refractivity contribution in [3.8, 4) is 5.88 Å². The van der Waals surface area contributed by atoms with Crippen molar-refractivity contribution in [2.45, 2.75) is 52.0 Å². The lowest BCUT2D eigenvalue weighted by Crippen LogP contribution is -2.36. The van der Waals surface area contributed by atoms with Crippen molar-refractivity contribution >= 4 is 5.82 Å². The van der Waals surface area contributed by atoms with Crippen molar-refractivity contribution in [2.24, 2.45) is 5.73 Å². The number of nitrogens with two attached hydrogens (primary N) is 1. The fourth-order valence-electron chi connectivity index (χ4n) is 2.86. The van der Waals surface area contributed by atoms with Gasteiger partial charge in [0.05, 0.1) is 6.61 Å². The molecule has 1 aliphatic carbocycles. The Labute approximate surface area is 121 Å². The van der Waals surface area contributed by atoms with Crippen LogP contribution in [0.4, 0.5) is 5.82 Å². The maximum Gasteiger partial charge on any atom is 0.218 e. The summed E-state index contributed by atoms with van der Waals surface area (Å²) in [6.45, 7) is 6.19. The van der Waals surface area contributed by atoms with Gasteiger partial charge in [0, 0.05) is 18.7 Å². The van der Waals surface area contributed by atoms with E-state index in [9.17, 15) is 0 Å². The Balaban J connectivity index is 2.21. The van der Waals surface area contributed by atoms with Gasteiger partial charge >= 0.3 is 0 Å². The topological polar surface area (TPSA) is 64.3 Å². The van der Waals surface area contributed by atoms with E-state index in [0.29, 0.717) is 25.1 Å². The van der Waals surface area contributed by atoms with E-state index in [1.807, 2.05) is 19.9 Å². The minimum Gasteiger partial charge on any atom is -0.478 e. The van der Waals surface area contributed by atoms with Crippen molar-refractivity contribution in [3.05, 3.63) is 11.9 Å². The van der Waals surface area contributed by atoms with E-state index in [-0.39, 0.29) is 0 Å². The summed E-state index contributed by atoms with van der Waals surface area (Å²) in [6, 6.07) is 2.55. The number of hydrogen-bond donors (Lipinski definition) is 1. The van der Waals surface area contributed by atoms with E-state index >= 15 is 0 Å². The first-order valence-electron chi connectivity index (χ1n) is 7.69. The van der Waals surface area contributed by atoms with E-state index < -0.39 is 0 Å². The fraction of sp³-hybridized carbons (Fsp3) is 0.733. The van der Waals surface area contributed by atoms with Crippen molar-refractivity contribution < 1.29 is 4.74 Å². The van der Waals surface area contributed by atoms with E-state index in [1.165, 1.54) is 25.7 Å². The number of aromatic nitrogens is 2. The van der Waals surface area contributed by atoms with Gasteiger partial charge < -0.3 is 15.4 Å². The molecule has 5 heteroatoms. The minimum atomic E-state index is 0.588. The molecule has 0 spiro atoms. The Kier molecular flexibility index (Phi) is 5.59. The molecule has 0 radical (unpaired) electrons. The summed E-state index contributed by atoms with van der Waals surface area (Å²) in [7, 11) is 0. The zero-order valence-electron chi connectivity index (χ0n) is 12.6. The Bertz CT molecular complexity index is 418. The van der Waals surface area contributed by atoms with Crippen LogP contribution in [0.1, 0.15) is 44.9 Å². The molecule has 0 atom stereocenters.